The highest BCUT2D eigenvalue weighted by Gasteiger charge is 2.44. The standard InChI is InChI=1S/C16H12F4N2O3/c17-11-3-1-10(2-4-11)15(23)8-21(9-15)12-5-6-14(22(24)25)13(7-12)16(18,19)20/h1-7,23H,8-9H2. The molecule has 5 nitrogen and oxygen atoms in total. The Hall–Kier alpha value is -2.68. The van der Waals surface area contributed by atoms with E-state index in [9.17, 15) is 32.8 Å². The number of rotatable bonds is 3. The van der Waals surface area contributed by atoms with Crippen molar-refractivity contribution in [1.29, 1.82) is 0 Å². The van der Waals surface area contributed by atoms with E-state index >= 15 is 0 Å². The van der Waals surface area contributed by atoms with E-state index in [0.29, 0.717) is 11.6 Å². The maximum absolute atomic E-state index is 13.0. The van der Waals surface area contributed by atoms with Gasteiger partial charge in [-0.15, -0.1) is 0 Å². The normalized spacial score (nSPS) is 16.4. The van der Waals surface area contributed by atoms with E-state index < -0.39 is 33.8 Å². The number of hydrogen-bond donors (Lipinski definition) is 1. The SMILES string of the molecule is O=[N+]([O-])c1ccc(N2CC(O)(c3ccc(F)cc3)C2)cc1C(F)(F)F. The van der Waals surface area contributed by atoms with Crippen molar-refractivity contribution in [2.24, 2.45) is 0 Å². The number of aliphatic hydroxyl groups is 1. The van der Waals surface area contributed by atoms with Crippen molar-refractivity contribution >= 4 is 11.4 Å². The molecule has 1 heterocycles. The highest BCUT2D eigenvalue weighted by Crippen LogP contribution is 2.41. The Morgan fingerprint density at radius 1 is 1.12 bits per heavy atom. The third-order valence-corrected chi connectivity index (χ3v) is 4.13. The molecule has 0 aromatic heterocycles. The number of halogens is 4. The van der Waals surface area contributed by atoms with Gasteiger partial charge in [0.05, 0.1) is 18.0 Å². The number of anilines is 1. The number of alkyl halides is 3. The van der Waals surface area contributed by atoms with E-state index in [1.165, 1.54) is 35.2 Å². The van der Waals surface area contributed by atoms with Crippen LogP contribution in [0.25, 0.3) is 0 Å². The summed E-state index contributed by atoms with van der Waals surface area (Å²) in [5, 5.41) is 21.3. The Balaban J connectivity index is 1.85. The van der Waals surface area contributed by atoms with Crippen LogP contribution in [0.15, 0.2) is 42.5 Å². The van der Waals surface area contributed by atoms with Gasteiger partial charge in [0.15, 0.2) is 0 Å². The average Bonchev–Trinajstić information content (AvgIpc) is 2.51. The van der Waals surface area contributed by atoms with Crippen LogP contribution in [0.2, 0.25) is 0 Å². The number of β-amino-alcohol motifs (C(OH)–C–C–N with tert-alkyl or cyclic N) is 1. The largest absolute Gasteiger partial charge is 0.423 e. The number of benzene rings is 2. The Morgan fingerprint density at radius 2 is 1.72 bits per heavy atom. The van der Waals surface area contributed by atoms with E-state index in [1.807, 2.05) is 0 Å². The molecule has 0 bridgehead atoms. The Bertz CT molecular complexity index is 815. The molecule has 0 saturated carbocycles. The Kier molecular flexibility index (Phi) is 3.91. The molecule has 25 heavy (non-hydrogen) atoms. The summed E-state index contributed by atoms with van der Waals surface area (Å²) in [5.41, 5.74) is -3.11. The molecule has 0 amide bonds. The van der Waals surface area contributed by atoms with Crippen LogP contribution in [0.4, 0.5) is 28.9 Å². The van der Waals surface area contributed by atoms with Gasteiger partial charge in [0.1, 0.15) is 17.0 Å². The predicted octanol–water partition coefficient (Wildman–Crippen LogP) is 3.46. The van der Waals surface area contributed by atoms with Crippen molar-refractivity contribution in [3.05, 3.63) is 69.5 Å². The molecular formula is C16H12F4N2O3. The first kappa shape index (κ1) is 17.2. The molecule has 132 valence electrons. The van der Waals surface area contributed by atoms with Gasteiger partial charge in [-0.25, -0.2) is 4.39 Å². The molecule has 3 rings (SSSR count). The lowest BCUT2D eigenvalue weighted by Crippen LogP contribution is -2.59. The first-order valence-corrected chi connectivity index (χ1v) is 7.19. The fourth-order valence-corrected chi connectivity index (χ4v) is 2.82. The second-order valence-electron chi connectivity index (χ2n) is 5.85. The fraction of sp³-hybridized carbons (Fsp3) is 0.250. The summed E-state index contributed by atoms with van der Waals surface area (Å²) in [6, 6.07) is 7.88. The van der Waals surface area contributed by atoms with Crippen LogP contribution in [0.5, 0.6) is 0 Å². The molecule has 1 fully saturated rings. The van der Waals surface area contributed by atoms with Crippen molar-refractivity contribution < 1.29 is 27.6 Å². The van der Waals surface area contributed by atoms with Crippen molar-refractivity contribution in [3.8, 4) is 0 Å². The molecule has 1 aliphatic rings. The van der Waals surface area contributed by atoms with Crippen LogP contribution < -0.4 is 4.90 Å². The summed E-state index contributed by atoms with van der Waals surface area (Å²) in [7, 11) is 0. The van der Waals surface area contributed by atoms with Crippen molar-refractivity contribution in [2.75, 3.05) is 18.0 Å². The lowest BCUT2D eigenvalue weighted by Gasteiger charge is -2.48. The van der Waals surface area contributed by atoms with Gasteiger partial charge in [-0.05, 0) is 29.8 Å². The second-order valence-corrected chi connectivity index (χ2v) is 5.85. The quantitative estimate of drug-likeness (QED) is 0.520. The first-order valence-electron chi connectivity index (χ1n) is 7.19. The molecule has 2 aromatic rings. The van der Waals surface area contributed by atoms with Gasteiger partial charge in [0.25, 0.3) is 5.69 Å². The molecule has 0 radical (unpaired) electrons. The molecule has 9 heteroatoms. The number of nitro benzene ring substituents is 1. The van der Waals surface area contributed by atoms with E-state index in [-0.39, 0.29) is 18.8 Å². The number of hydrogen-bond acceptors (Lipinski definition) is 4. The lowest BCUT2D eigenvalue weighted by atomic mass is 9.85. The molecule has 0 spiro atoms. The van der Waals surface area contributed by atoms with Gasteiger partial charge >= 0.3 is 6.18 Å². The van der Waals surface area contributed by atoms with Crippen LogP contribution in [0.3, 0.4) is 0 Å². The highest BCUT2D eigenvalue weighted by molar-refractivity contribution is 5.59. The molecule has 1 saturated heterocycles. The minimum atomic E-state index is -4.86. The third-order valence-electron chi connectivity index (χ3n) is 4.13. The second kappa shape index (κ2) is 5.69. The Labute approximate surface area is 139 Å². The molecule has 1 aliphatic heterocycles. The van der Waals surface area contributed by atoms with E-state index in [1.54, 1.807) is 0 Å². The van der Waals surface area contributed by atoms with Gasteiger partial charge < -0.3 is 10.0 Å². The fourth-order valence-electron chi connectivity index (χ4n) is 2.82. The van der Waals surface area contributed by atoms with Gasteiger partial charge in [-0.2, -0.15) is 13.2 Å². The molecule has 0 aliphatic carbocycles. The van der Waals surface area contributed by atoms with Gasteiger partial charge in [-0.1, -0.05) is 12.1 Å². The van der Waals surface area contributed by atoms with E-state index in [2.05, 4.69) is 0 Å². The van der Waals surface area contributed by atoms with Crippen LogP contribution in [-0.2, 0) is 11.8 Å². The van der Waals surface area contributed by atoms with Crippen LogP contribution in [-0.4, -0.2) is 23.1 Å². The van der Waals surface area contributed by atoms with Gasteiger partial charge in [-0.3, -0.25) is 10.1 Å². The summed E-state index contributed by atoms with van der Waals surface area (Å²) in [5.74, 6) is -0.464. The smallest absolute Gasteiger partial charge is 0.381 e. The third kappa shape index (κ3) is 3.14. The molecular weight excluding hydrogens is 344 g/mol. The van der Waals surface area contributed by atoms with Crippen LogP contribution >= 0.6 is 0 Å². The predicted molar refractivity (Wildman–Crippen MR) is 80.6 cm³/mol. The maximum atomic E-state index is 13.0. The zero-order valence-electron chi connectivity index (χ0n) is 12.6. The average molecular weight is 356 g/mol. The summed E-state index contributed by atoms with van der Waals surface area (Å²) in [6.07, 6.45) is -4.86. The maximum Gasteiger partial charge on any atom is 0.423 e. The molecule has 0 unspecified atom stereocenters. The summed E-state index contributed by atoms with van der Waals surface area (Å²) in [6.45, 7) is -0.0124. The monoisotopic (exact) mass is 356 g/mol. The zero-order valence-corrected chi connectivity index (χ0v) is 12.6. The summed E-state index contributed by atoms with van der Waals surface area (Å²) in [4.78, 5) is 11.1. The van der Waals surface area contributed by atoms with Gasteiger partial charge in [0.2, 0.25) is 0 Å². The topological polar surface area (TPSA) is 66.6 Å². The highest BCUT2D eigenvalue weighted by atomic mass is 19.4. The molecule has 2 aromatic carbocycles. The van der Waals surface area contributed by atoms with Crippen molar-refractivity contribution in [2.45, 2.75) is 11.8 Å². The van der Waals surface area contributed by atoms with Crippen LogP contribution in [0.1, 0.15) is 11.1 Å². The van der Waals surface area contributed by atoms with E-state index in [4.69, 9.17) is 0 Å². The van der Waals surface area contributed by atoms with Crippen molar-refractivity contribution in [1.82, 2.24) is 0 Å². The lowest BCUT2D eigenvalue weighted by molar-refractivity contribution is -0.388. The first-order chi connectivity index (χ1) is 11.6. The Morgan fingerprint density at radius 3 is 2.24 bits per heavy atom. The van der Waals surface area contributed by atoms with Crippen molar-refractivity contribution in [3.63, 3.8) is 0 Å². The summed E-state index contributed by atoms with van der Waals surface area (Å²) < 4.78 is 52.0. The van der Waals surface area contributed by atoms with Gasteiger partial charge in [0, 0.05) is 11.8 Å². The van der Waals surface area contributed by atoms with Crippen LogP contribution in [0, 0.1) is 15.9 Å². The minimum Gasteiger partial charge on any atom is -0.381 e. The number of nitro groups is 1. The minimum absolute atomic E-state index is 0.00621. The summed E-state index contributed by atoms with van der Waals surface area (Å²) >= 11 is 0. The van der Waals surface area contributed by atoms with E-state index in [0.717, 1.165) is 6.07 Å². The molecule has 0 atom stereocenters. The zero-order chi connectivity index (χ0) is 18.4. The molecule has 1 N–H and O–H groups in total. The number of nitrogens with zero attached hydrogens (tertiary/aromatic N) is 2.